The minimum atomic E-state index is -0.265. The maximum atomic E-state index is 12.3. The van der Waals surface area contributed by atoms with Crippen LogP contribution in [0.4, 0.5) is 11.4 Å². The van der Waals surface area contributed by atoms with E-state index in [4.69, 9.17) is 0 Å². The van der Waals surface area contributed by atoms with Crippen molar-refractivity contribution in [2.75, 3.05) is 10.6 Å². The molecule has 0 aliphatic carbocycles. The van der Waals surface area contributed by atoms with Gasteiger partial charge in [-0.15, -0.1) is 23.1 Å². The van der Waals surface area contributed by atoms with Crippen LogP contribution >= 0.6 is 23.1 Å². The number of carbonyl (C=O) groups is 2. The number of thiophene rings is 1. The molecular formula is C20H18N2O2S2. The molecule has 0 saturated carbocycles. The fraction of sp³-hybridized carbons (Fsp3) is 0.100. The highest BCUT2D eigenvalue weighted by Gasteiger charge is 2.15. The van der Waals surface area contributed by atoms with Crippen LogP contribution in [-0.4, -0.2) is 17.1 Å². The summed E-state index contributed by atoms with van der Waals surface area (Å²) in [5.41, 5.74) is 1.49. The number of hydrogen-bond acceptors (Lipinski definition) is 4. The zero-order chi connectivity index (χ0) is 18.4. The first-order chi connectivity index (χ1) is 12.6. The minimum absolute atomic E-state index is 0.0609. The fourth-order valence-corrected chi connectivity index (χ4v) is 3.82. The number of thioether (sulfide) groups is 1. The van der Waals surface area contributed by atoms with E-state index < -0.39 is 0 Å². The van der Waals surface area contributed by atoms with Crippen molar-refractivity contribution in [1.29, 1.82) is 0 Å². The summed E-state index contributed by atoms with van der Waals surface area (Å²) >= 11 is 2.85. The van der Waals surface area contributed by atoms with E-state index in [0.717, 1.165) is 10.6 Å². The van der Waals surface area contributed by atoms with Crippen LogP contribution in [0.25, 0.3) is 0 Å². The molecule has 0 bridgehead atoms. The second-order valence-electron chi connectivity index (χ2n) is 5.57. The topological polar surface area (TPSA) is 58.2 Å². The van der Waals surface area contributed by atoms with E-state index in [0.29, 0.717) is 10.6 Å². The predicted octanol–water partition coefficient (Wildman–Crippen LogP) is 5.12. The maximum absolute atomic E-state index is 12.3. The van der Waals surface area contributed by atoms with Gasteiger partial charge in [-0.05, 0) is 48.7 Å². The van der Waals surface area contributed by atoms with E-state index >= 15 is 0 Å². The summed E-state index contributed by atoms with van der Waals surface area (Å²) in [6.07, 6.45) is 0. The monoisotopic (exact) mass is 382 g/mol. The first-order valence-corrected chi connectivity index (χ1v) is 9.85. The zero-order valence-corrected chi connectivity index (χ0v) is 15.8. The van der Waals surface area contributed by atoms with Crippen molar-refractivity contribution in [1.82, 2.24) is 0 Å². The molecule has 0 fully saturated rings. The molecule has 1 unspecified atom stereocenters. The van der Waals surface area contributed by atoms with Gasteiger partial charge in [0.2, 0.25) is 5.91 Å². The number of rotatable bonds is 6. The highest BCUT2D eigenvalue weighted by molar-refractivity contribution is 8.00. The van der Waals surface area contributed by atoms with Gasteiger partial charge in [0.15, 0.2) is 0 Å². The molecule has 6 heteroatoms. The van der Waals surface area contributed by atoms with Gasteiger partial charge in [-0.2, -0.15) is 0 Å². The van der Waals surface area contributed by atoms with Gasteiger partial charge in [0.1, 0.15) is 0 Å². The smallest absolute Gasteiger partial charge is 0.265 e. The number of para-hydroxylation sites is 1. The molecule has 2 aromatic carbocycles. The Kier molecular flexibility index (Phi) is 6.09. The van der Waals surface area contributed by atoms with Crippen LogP contribution in [0.3, 0.4) is 0 Å². The Labute approximate surface area is 160 Å². The molecule has 2 N–H and O–H groups in total. The molecule has 1 atom stereocenters. The number of nitrogens with one attached hydrogen (secondary N) is 2. The molecule has 0 saturated heterocycles. The molecule has 4 nitrogen and oxygen atoms in total. The molecule has 26 heavy (non-hydrogen) atoms. The Morgan fingerprint density at radius 2 is 1.69 bits per heavy atom. The van der Waals surface area contributed by atoms with E-state index in [-0.39, 0.29) is 17.1 Å². The standard InChI is InChI=1S/C20H18N2O2S2/c1-14(19(23)21-15-7-3-2-4-8-15)26-17-10-5-9-16(13-17)22-20(24)18-11-6-12-25-18/h2-14H,1H3,(H,21,23)(H,22,24). The van der Waals surface area contributed by atoms with E-state index in [1.54, 1.807) is 6.07 Å². The molecule has 3 rings (SSSR count). The minimum Gasteiger partial charge on any atom is -0.325 e. The van der Waals surface area contributed by atoms with Gasteiger partial charge in [-0.1, -0.05) is 30.3 Å². The molecule has 0 spiro atoms. The first kappa shape index (κ1) is 18.2. The van der Waals surface area contributed by atoms with Crippen molar-refractivity contribution in [2.24, 2.45) is 0 Å². The van der Waals surface area contributed by atoms with Crippen molar-refractivity contribution in [3.8, 4) is 0 Å². The maximum Gasteiger partial charge on any atom is 0.265 e. The average molecular weight is 383 g/mol. The van der Waals surface area contributed by atoms with Gasteiger partial charge in [-0.25, -0.2) is 0 Å². The molecule has 0 aliphatic heterocycles. The SMILES string of the molecule is CC(Sc1cccc(NC(=O)c2cccs2)c1)C(=O)Nc1ccccc1. The Morgan fingerprint density at radius 1 is 0.923 bits per heavy atom. The summed E-state index contributed by atoms with van der Waals surface area (Å²) in [5.74, 6) is -0.189. The molecule has 132 valence electrons. The highest BCUT2D eigenvalue weighted by Crippen LogP contribution is 2.27. The third kappa shape index (κ3) is 4.97. The Bertz CT molecular complexity index is 880. The number of amides is 2. The second kappa shape index (κ2) is 8.69. The number of benzene rings is 2. The van der Waals surface area contributed by atoms with Crippen molar-refractivity contribution in [3.63, 3.8) is 0 Å². The molecule has 2 amide bonds. The third-order valence-electron chi connectivity index (χ3n) is 3.56. The summed E-state index contributed by atoms with van der Waals surface area (Å²) < 4.78 is 0. The summed E-state index contributed by atoms with van der Waals surface area (Å²) in [7, 11) is 0. The van der Waals surface area contributed by atoms with Crippen LogP contribution in [0.1, 0.15) is 16.6 Å². The lowest BCUT2D eigenvalue weighted by molar-refractivity contribution is -0.115. The van der Waals surface area contributed by atoms with Gasteiger partial charge in [0.25, 0.3) is 5.91 Å². The summed E-state index contributed by atoms with van der Waals surface area (Å²) in [6.45, 7) is 1.86. The third-order valence-corrected chi connectivity index (χ3v) is 5.52. The lowest BCUT2D eigenvalue weighted by Crippen LogP contribution is -2.22. The van der Waals surface area contributed by atoms with E-state index in [2.05, 4.69) is 10.6 Å². The second-order valence-corrected chi connectivity index (χ2v) is 7.94. The molecule has 0 aliphatic rings. The van der Waals surface area contributed by atoms with Crippen molar-refractivity contribution < 1.29 is 9.59 Å². The number of hydrogen-bond donors (Lipinski definition) is 2. The molecule has 3 aromatic rings. The average Bonchev–Trinajstić information content (AvgIpc) is 3.17. The Balaban J connectivity index is 1.61. The lowest BCUT2D eigenvalue weighted by Gasteiger charge is -2.13. The highest BCUT2D eigenvalue weighted by atomic mass is 32.2. The number of anilines is 2. The van der Waals surface area contributed by atoms with Crippen molar-refractivity contribution in [3.05, 3.63) is 77.0 Å². The van der Waals surface area contributed by atoms with Crippen LogP contribution in [0, 0.1) is 0 Å². The Hall–Kier alpha value is -2.57. The summed E-state index contributed by atoms with van der Waals surface area (Å²) in [4.78, 5) is 26.1. The molecule has 0 radical (unpaired) electrons. The van der Waals surface area contributed by atoms with Gasteiger partial charge in [0, 0.05) is 16.3 Å². The first-order valence-electron chi connectivity index (χ1n) is 8.09. The van der Waals surface area contributed by atoms with Gasteiger partial charge < -0.3 is 10.6 Å². The molecular weight excluding hydrogens is 364 g/mol. The van der Waals surface area contributed by atoms with Crippen LogP contribution in [0.15, 0.2) is 77.0 Å². The summed E-state index contributed by atoms with van der Waals surface area (Å²) in [5, 5.41) is 7.39. The normalized spacial score (nSPS) is 11.6. The largest absolute Gasteiger partial charge is 0.325 e. The van der Waals surface area contributed by atoms with E-state index in [1.807, 2.05) is 73.0 Å². The van der Waals surface area contributed by atoms with Crippen LogP contribution in [0.2, 0.25) is 0 Å². The van der Waals surface area contributed by atoms with E-state index in [1.165, 1.54) is 23.1 Å². The predicted molar refractivity (Wildman–Crippen MR) is 109 cm³/mol. The van der Waals surface area contributed by atoms with Gasteiger partial charge in [0.05, 0.1) is 10.1 Å². The van der Waals surface area contributed by atoms with Crippen LogP contribution < -0.4 is 10.6 Å². The van der Waals surface area contributed by atoms with Crippen LogP contribution in [-0.2, 0) is 4.79 Å². The summed E-state index contributed by atoms with van der Waals surface area (Å²) in [6, 6.07) is 20.5. The Morgan fingerprint density at radius 3 is 2.42 bits per heavy atom. The quantitative estimate of drug-likeness (QED) is 0.582. The molecule has 1 aromatic heterocycles. The van der Waals surface area contributed by atoms with Crippen molar-refractivity contribution in [2.45, 2.75) is 17.1 Å². The van der Waals surface area contributed by atoms with Crippen LogP contribution in [0.5, 0.6) is 0 Å². The fourth-order valence-electron chi connectivity index (χ4n) is 2.27. The van der Waals surface area contributed by atoms with E-state index in [9.17, 15) is 9.59 Å². The van der Waals surface area contributed by atoms with Gasteiger partial charge >= 0.3 is 0 Å². The lowest BCUT2D eigenvalue weighted by atomic mass is 10.3. The van der Waals surface area contributed by atoms with Gasteiger partial charge in [-0.3, -0.25) is 9.59 Å². The number of carbonyl (C=O) groups excluding carboxylic acids is 2. The molecule has 1 heterocycles. The van der Waals surface area contributed by atoms with Crippen molar-refractivity contribution >= 4 is 46.3 Å². The zero-order valence-electron chi connectivity index (χ0n) is 14.1.